The molecule has 1 atom stereocenters. The van der Waals surface area contributed by atoms with E-state index in [1.807, 2.05) is 54.9 Å². The standard InChI is InChI=1S/C19H19N3O2/c23-16-8-9-21(12-16)19(24)15-5-3-4-14(10-15)11-22-13-20-17-6-1-2-7-18(17)22/h1-7,10,13,16,23H,8-9,11-12H2. The number of β-amino-alcohol motifs (C(OH)–C–C–N with tert-alkyl or cyclic N) is 1. The van der Waals surface area contributed by atoms with Gasteiger partial charge in [0.25, 0.3) is 5.91 Å². The Morgan fingerprint density at radius 1 is 1.21 bits per heavy atom. The topological polar surface area (TPSA) is 58.4 Å². The molecule has 122 valence electrons. The van der Waals surface area contributed by atoms with E-state index < -0.39 is 6.10 Å². The average Bonchev–Trinajstić information content (AvgIpc) is 3.21. The van der Waals surface area contributed by atoms with Gasteiger partial charge in [0.15, 0.2) is 0 Å². The van der Waals surface area contributed by atoms with Crippen LogP contribution in [0, 0.1) is 0 Å². The maximum Gasteiger partial charge on any atom is 0.253 e. The minimum Gasteiger partial charge on any atom is -0.391 e. The summed E-state index contributed by atoms with van der Waals surface area (Å²) in [5, 5.41) is 9.62. The Morgan fingerprint density at radius 3 is 2.92 bits per heavy atom. The van der Waals surface area contributed by atoms with Crippen LogP contribution in [-0.2, 0) is 6.54 Å². The van der Waals surface area contributed by atoms with Crippen LogP contribution in [0.4, 0.5) is 0 Å². The van der Waals surface area contributed by atoms with E-state index in [0.29, 0.717) is 31.6 Å². The summed E-state index contributed by atoms with van der Waals surface area (Å²) in [6.45, 7) is 1.72. The first-order valence-corrected chi connectivity index (χ1v) is 8.17. The van der Waals surface area contributed by atoms with Gasteiger partial charge in [0.1, 0.15) is 0 Å². The maximum atomic E-state index is 12.6. The Balaban J connectivity index is 1.57. The Labute approximate surface area is 140 Å². The largest absolute Gasteiger partial charge is 0.391 e. The molecule has 0 saturated carbocycles. The summed E-state index contributed by atoms with van der Waals surface area (Å²) >= 11 is 0. The molecule has 1 saturated heterocycles. The van der Waals surface area contributed by atoms with Crippen molar-refractivity contribution in [2.45, 2.75) is 19.1 Å². The molecule has 1 aliphatic heterocycles. The molecule has 1 N–H and O–H groups in total. The third-order valence-corrected chi connectivity index (χ3v) is 4.50. The Morgan fingerprint density at radius 2 is 2.08 bits per heavy atom. The number of carbonyl (C=O) groups excluding carboxylic acids is 1. The van der Waals surface area contributed by atoms with Crippen LogP contribution in [0.5, 0.6) is 0 Å². The molecule has 3 aromatic rings. The molecular formula is C19H19N3O2. The number of rotatable bonds is 3. The molecule has 5 heteroatoms. The van der Waals surface area contributed by atoms with Gasteiger partial charge in [0, 0.05) is 25.2 Å². The van der Waals surface area contributed by atoms with Gasteiger partial charge in [-0.2, -0.15) is 0 Å². The van der Waals surface area contributed by atoms with E-state index in [1.165, 1.54) is 0 Å². The number of benzene rings is 2. The van der Waals surface area contributed by atoms with Crippen LogP contribution in [-0.4, -0.2) is 44.7 Å². The summed E-state index contributed by atoms with van der Waals surface area (Å²) in [5.41, 5.74) is 3.78. The lowest BCUT2D eigenvalue weighted by Crippen LogP contribution is -2.29. The normalized spacial score (nSPS) is 17.5. The zero-order valence-corrected chi connectivity index (χ0v) is 13.3. The first-order valence-electron chi connectivity index (χ1n) is 8.17. The summed E-state index contributed by atoms with van der Waals surface area (Å²) in [7, 11) is 0. The van der Waals surface area contributed by atoms with Crippen molar-refractivity contribution in [1.82, 2.24) is 14.5 Å². The molecule has 0 bridgehead atoms. The van der Waals surface area contributed by atoms with Gasteiger partial charge in [0.2, 0.25) is 0 Å². The van der Waals surface area contributed by atoms with Gasteiger partial charge < -0.3 is 14.6 Å². The Bertz CT molecular complexity index is 887. The molecule has 1 aliphatic rings. The molecule has 1 unspecified atom stereocenters. The number of nitrogens with zero attached hydrogens (tertiary/aromatic N) is 3. The maximum absolute atomic E-state index is 12.6. The fourth-order valence-corrected chi connectivity index (χ4v) is 3.24. The highest BCUT2D eigenvalue weighted by Gasteiger charge is 2.25. The minimum atomic E-state index is -0.394. The fourth-order valence-electron chi connectivity index (χ4n) is 3.24. The van der Waals surface area contributed by atoms with E-state index in [4.69, 9.17) is 0 Å². The van der Waals surface area contributed by atoms with Crippen molar-refractivity contribution in [3.05, 3.63) is 66.0 Å². The quantitative estimate of drug-likeness (QED) is 0.805. The first kappa shape index (κ1) is 14.9. The van der Waals surface area contributed by atoms with Crippen molar-refractivity contribution in [1.29, 1.82) is 0 Å². The van der Waals surface area contributed by atoms with Crippen molar-refractivity contribution in [3.63, 3.8) is 0 Å². The Kier molecular flexibility index (Phi) is 3.78. The number of aromatic nitrogens is 2. The molecule has 2 heterocycles. The molecular weight excluding hydrogens is 302 g/mol. The molecule has 5 nitrogen and oxygen atoms in total. The number of likely N-dealkylation sites (tertiary alicyclic amines) is 1. The van der Waals surface area contributed by atoms with Gasteiger partial charge in [-0.3, -0.25) is 4.79 Å². The third-order valence-electron chi connectivity index (χ3n) is 4.50. The molecule has 0 radical (unpaired) electrons. The van der Waals surface area contributed by atoms with Gasteiger partial charge in [-0.25, -0.2) is 4.98 Å². The van der Waals surface area contributed by atoms with Crippen LogP contribution in [0.3, 0.4) is 0 Å². The summed E-state index contributed by atoms with van der Waals surface area (Å²) in [4.78, 5) is 18.7. The summed E-state index contributed by atoms with van der Waals surface area (Å²) in [6.07, 6.45) is 2.09. The van der Waals surface area contributed by atoms with E-state index >= 15 is 0 Å². The molecule has 1 amide bonds. The second-order valence-electron chi connectivity index (χ2n) is 6.26. The number of para-hydroxylation sites is 2. The minimum absolute atomic E-state index is 0.0103. The SMILES string of the molecule is O=C(c1cccc(Cn2cnc3ccccc32)c1)N1CCC(O)C1. The second kappa shape index (κ2) is 6.09. The van der Waals surface area contributed by atoms with Crippen molar-refractivity contribution < 1.29 is 9.90 Å². The van der Waals surface area contributed by atoms with Crippen molar-refractivity contribution in [2.75, 3.05) is 13.1 Å². The fraction of sp³-hybridized carbons (Fsp3) is 0.263. The highest BCUT2D eigenvalue weighted by atomic mass is 16.3. The third kappa shape index (κ3) is 2.78. The van der Waals surface area contributed by atoms with E-state index in [2.05, 4.69) is 9.55 Å². The Hall–Kier alpha value is -2.66. The zero-order chi connectivity index (χ0) is 16.5. The average molecular weight is 321 g/mol. The van der Waals surface area contributed by atoms with E-state index in [1.54, 1.807) is 4.90 Å². The van der Waals surface area contributed by atoms with Gasteiger partial charge in [-0.05, 0) is 36.2 Å². The van der Waals surface area contributed by atoms with Crippen LogP contribution in [0.15, 0.2) is 54.9 Å². The lowest BCUT2D eigenvalue weighted by Gasteiger charge is -2.16. The molecule has 0 spiro atoms. The second-order valence-corrected chi connectivity index (χ2v) is 6.26. The number of hydrogen-bond acceptors (Lipinski definition) is 3. The van der Waals surface area contributed by atoms with E-state index in [-0.39, 0.29) is 5.91 Å². The number of aliphatic hydroxyl groups excluding tert-OH is 1. The summed E-state index contributed by atoms with van der Waals surface area (Å²) in [5.74, 6) is -0.0103. The number of carbonyl (C=O) groups is 1. The predicted molar refractivity (Wildman–Crippen MR) is 91.8 cm³/mol. The van der Waals surface area contributed by atoms with Crippen LogP contribution in [0.25, 0.3) is 11.0 Å². The molecule has 1 fully saturated rings. The number of hydrogen-bond donors (Lipinski definition) is 1. The van der Waals surface area contributed by atoms with Crippen LogP contribution in [0.2, 0.25) is 0 Å². The zero-order valence-electron chi connectivity index (χ0n) is 13.3. The van der Waals surface area contributed by atoms with Gasteiger partial charge in [-0.1, -0.05) is 24.3 Å². The summed E-state index contributed by atoms with van der Waals surface area (Å²) in [6, 6.07) is 15.7. The lowest BCUT2D eigenvalue weighted by molar-refractivity contribution is 0.0765. The molecule has 2 aromatic carbocycles. The van der Waals surface area contributed by atoms with Crippen molar-refractivity contribution in [2.24, 2.45) is 0 Å². The highest BCUT2D eigenvalue weighted by molar-refractivity contribution is 5.94. The monoisotopic (exact) mass is 321 g/mol. The smallest absolute Gasteiger partial charge is 0.253 e. The van der Waals surface area contributed by atoms with Gasteiger partial charge in [-0.15, -0.1) is 0 Å². The number of fused-ring (bicyclic) bond motifs is 1. The summed E-state index contributed by atoms with van der Waals surface area (Å²) < 4.78 is 2.08. The van der Waals surface area contributed by atoms with Crippen LogP contribution < -0.4 is 0 Å². The van der Waals surface area contributed by atoms with E-state index in [0.717, 1.165) is 16.6 Å². The highest BCUT2D eigenvalue weighted by Crippen LogP contribution is 2.17. The van der Waals surface area contributed by atoms with Gasteiger partial charge in [0.05, 0.1) is 23.5 Å². The van der Waals surface area contributed by atoms with Crippen molar-refractivity contribution in [3.8, 4) is 0 Å². The predicted octanol–water partition coefficient (Wildman–Crippen LogP) is 2.29. The molecule has 4 rings (SSSR count). The van der Waals surface area contributed by atoms with Crippen LogP contribution in [0.1, 0.15) is 22.3 Å². The van der Waals surface area contributed by atoms with Crippen molar-refractivity contribution >= 4 is 16.9 Å². The molecule has 24 heavy (non-hydrogen) atoms. The van der Waals surface area contributed by atoms with Gasteiger partial charge >= 0.3 is 0 Å². The van der Waals surface area contributed by atoms with Crippen LogP contribution >= 0.6 is 0 Å². The number of amides is 1. The molecule has 0 aliphatic carbocycles. The first-order chi connectivity index (χ1) is 11.7. The molecule has 1 aromatic heterocycles. The number of aliphatic hydroxyl groups is 1. The van der Waals surface area contributed by atoms with E-state index in [9.17, 15) is 9.90 Å². The lowest BCUT2D eigenvalue weighted by atomic mass is 10.1. The number of imidazole rings is 1.